The lowest BCUT2D eigenvalue weighted by Gasteiger charge is -2.12. The number of benzene rings is 2. The average Bonchev–Trinajstić information content (AvgIpc) is 3.42. The number of halogens is 2. The van der Waals surface area contributed by atoms with Crippen LogP contribution in [-0.2, 0) is 13.0 Å². The Kier molecular flexibility index (Phi) is 6.95. The molecule has 0 bridgehead atoms. The number of aryl methyl sites for hydroxylation is 1. The van der Waals surface area contributed by atoms with Crippen LogP contribution in [0.1, 0.15) is 41.2 Å². The van der Waals surface area contributed by atoms with Gasteiger partial charge in [-0.05, 0) is 49.2 Å². The van der Waals surface area contributed by atoms with E-state index in [0.29, 0.717) is 28.9 Å². The molecule has 0 aliphatic heterocycles. The number of rotatable bonds is 9. The monoisotopic (exact) mass is 455 g/mol. The largest absolute Gasteiger partial charge is 0.459 e. The first kappa shape index (κ1) is 21.5. The number of carbonyl (C=O) groups excluding carboxylic acids is 1. The van der Waals surface area contributed by atoms with Crippen molar-refractivity contribution in [2.75, 3.05) is 6.54 Å². The molecule has 0 aliphatic carbocycles. The van der Waals surface area contributed by atoms with E-state index in [4.69, 9.17) is 32.6 Å². The highest BCUT2D eigenvalue weighted by molar-refractivity contribution is 6.36. The quantitative estimate of drug-likeness (QED) is 0.309. The van der Waals surface area contributed by atoms with Crippen molar-refractivity contribution in [1.82, 2.24) is 14.9 Å². The van der Waals surface area contributed by atoms with Gasteiger partial charge in [0.15, 0.2) is 5.76 Å². The number of fused-ring (bicyclic) bond motifs is 1. The van der Waals surface area contributed by atoms with E-state index in [1.165, 1.54) is 6.26 Å². The maximum Gasteiger partial charge on any atom is 0.286 e. The van der Waals surface area contributed by atoms with E-state index in [-0.39, 0.29) is 5.91 Å². The van der Waals surface area contributed by atoms with Gasteiger partial charge in [0.1, 0.15) is 5.82 Å². The van der Waals surface area contributed by atoms with Gasteiger partial charge in [0.25, 0.3) is 5.91 Å². The number of furan rings is 1. The van der Waals surface area contributed by atoms with Crippen LogP contribution in [0.5, 0.6) is 0 Å². The van der Waals surface area contributed by atoms with Crippen LogP contribution in [0.3, 0.4) is 0 Å². The highest BCUT2D eigenvalue weighted by atomic mass is 35.5. The molecule has 160 valence electrons. The Balaban J connectivity index is 1.38. The second-order valence-corrected chi connectivity index (χ2v) is 8.16. The highest BCUT2D eigenvalue weighted by Crippen LogP contribution is 2.28. The fraction of sp³-hybridized carbons (Fsp3) is 0.250. The van der Waals surface area contributed by atoms with E-state index in [2.05, 4.69) is 16.0 Å². The normalized spacial score (nSPS) is 11.2. The highest BCUT2D eigenvalue weighted by Gasteiger charge is 2.14. The maximum absolute atomic E-state index is 11.9. The third-order valence-electron chi connectivity index (χ3n) is 5.22. The number of aromatic nitrogens is 2. The zero-order valence-corrected chi connectivity index (χ0v) is 18.5. The summed E-state index contributed by atoms with van der Waals surface area (Å²) in [6, 6.07) is 17.0. The summed E-state index contributed by atoms with van der Waals surface area (Å²) in [6.45, 7) is 1.19. The molecule has 2 aromatic carbocycles. The Morgan fingerprint density at radius 2 is 1.77 bits per heavy atom. The molecule has 0 atom stereocenters. The molecule has 0 saturated heterocycles. The molecule has 0 fully saturated rings. The summed E-state index contributed by atoms with van der Waals surface area (Å²) in [5.74, 6) is 1.17. The number of carbonyl (C=O) groups is 1. The van der Waals surface area contributed by atoms with Crippen LogP contribution in [-0.4, -0.2) is 22.0 Å². The molecular weight excluding hydrogens is 433 g/mol. The third kappa shape index (κ3) is 5.12. The summed E-state index contributed by atoms with van der Waals surface area (Å²) >= 11 is 12.8. The van der Waals surface area contributed by atoms with E-state index >= 15 is 0 Å². The topological polar surface area (TPSA) is 60.1 Å². The van der Waals surface area contributed by atoms with Crippen LogP contribution < -0.4 is 5.32 Å². The summed E-state index contributed by atoms with van der Waals surface area (Å²) in [4.78, 5) is 16.7. The van der Waals surface area contributed by atoms with Crippen molar-refractivity contribution in [2.45, 2.75) is 32.2 Å². The Morgan fingerprint density at radius 3 is 2.55 bits per heavy atom. The van der Waals surface area contributed by atoms with Gasteiger partial charge in [-0.3, -0.25) is 4.79 Å². The molecule has 1 amide bonds. The van der Waals surface area contributed by atoms with Gasteiger partial charge in [-0.15, -0.1) is 0 Å². The second kappa shape index (κ2) is 10.0. The number of hydrogen-bond acceptors (Lipinski definition) is 3. The molecule has 0 saturated carbocycles. The van der Waals surface area contributed by atoms with Crippen molar-refractivity contribution in [2.24, 2.45) is 0 Å². The minimum atomic E-state index is -0.177. The van der Waals surface area contributed by atoms with E-state index in [0.717, 1.165) is 48.1 Å². The summed E-state index contributed by atoms with van der Waals surface area (Å²) in [6.07, 6.45) is 5.17. The van der Waals surface area contributed by atoms with Gasteiger partial charge in [0, 0.05) is 28.6 Å². The summed E-state index contributed by atoms with van der Waals surface area (Å²) < 4.78 is 7.29. The number of imidazole rings is 1. The average molecular weight is 456 g/mol. The third-order valence-corrected chi connectivity index (χ3v) is 5.93. The van der Waals surface area contributed by atoms with Crippen LogP contribution in [0.15, 0.2) is 65.3 Å². The van der Waals surface area contributed by atoms with Gasteiger partial charge in [-0.25, -0.2) is 4.98 Å². The number of hydrogen-bond donors (Lipinski definition) is 1. The van der Waals surface area contributed by atoms with E-state index in [1.807, 2.05) is 36.4 Å². The van der Waals surface area contributed by atoms with E-state index in [1.54, 1.807) is 12.1 Å². The molecule has 0 unspecified atom stereocenters. The molecule has 5 nitrogen and oxygen atoms in total. The predicted octanol–water partition coefficient (Wildman–Crippen LogP) is 6.13. The van der Waals surface area contributed by atoms with Crippen molar-refractivity contribution in [3.05, 3.63) is 88.1 Å². The molecule has 4 rings (SSSR count). The standard InChI is InChI=1S/C24H23Cl2N3O2/c25-18-8-6-9-19(26)17(18)16-29-21-11-4-3-10-20(21)28-23(29)13-2-1-5-14-27-24(30)22-12-7-15-31-22/h3-4,6-12,15H,1-2,5,13-14,16H2,(H,27,30). The SMILES string of the molecule is O=C(NCCCCCc1nc2ccccc2n1Cc1c(Cl)cccc1Cl)c1ccco1. The molecule has 4 aromatic rings. The number of amides is 1. The maximum atomic E-state index is 11.9. The lowest BCUT2D eigenvalue weighted by molar-refractivity contribution is 0.0925. The summed E-state index contributed by atoms with van der Waals surface area (Å²) in [5.41, 5.74) is 2.93. The number of unbranched alkanes of at least 4 members (excludes halogenated alkanes) is 2. The van der Waals surface area contributed by atoms with Crippen LogP contribution in [0.4, 0.5) is 0 Å². The van der Waals surface area contributed by atoms with Gasteiger partial charge in [0.2, 0.25) is 0 Å². The molecule has 0 spiro atoms. The van der Waals surface area contributed by atoms with Crippen molar-refractivity contribution in [3.8, 4) is 0 Å². The van der Waals surface area contributed by atoms with Crippen molar-refractivity contribution in [3.63, 3.8) is 0 Å². The zero-order valence-electron chi connectivity index (χ0n) is 17.0. The van der Waals surface area contributed by atoms with Gasteiger partial charge in [-0.1, -0.05) is 47.8 Å². The summed E-state index contributed by atoms with van der Waals surface area (Å²) in [7, 11) is 0. The van der Waals surface area contributed by atoms with E-state index < -0.39 is 0 Å². The second-order valence-electron chi connectivity index (χ2n) is 7.35. The number of nitrogens with zero attached hydrogens (tertiary/aromatic N) is 2. The zero-order chi connectivity index (χ0) is 21.6. The van der Waals surface area contributed by atoms with Gasteiger partial charge < -0.3 is 14.3 Å². The van der Waals surface area contributed by atoms with Gasteiger partial charge >= 0.3 is 0 Å². The molecule has 0 aliphatic rings. The smallest absolute Gasteiger partial charge is 0.286 e. The molecule has 2 aromatic heterocycles. The molecule has 31 heavy (non-hydrogen) atoms. The Labute approximate surface area is 191 Å². The Hall–Kier alpha value is -2.76. The van der Waals surface area contributed by atoms with Gasteiger partial charge in [0.05, 0.1) is 23.8 Å². The van der Waals surface area contributed by atoms with Crippen LogP contribution in [0.2, 0.25) is 10.0 Å². The molecule has 0 radical (unpaired) electrons. The van der Waals surface area contributed by atoms with Crippen molar-refractivity contribution >= 4 is 40.1 Å². The van der Waals surface area contributed by atoms with Crippen LogP contribution in [0.25, 0.3) is 11.0 Å². The predicted molar refractivity (Wildman–Crippen MR) is 124 cm³/mol. The number of nitrogens with one attached hydrogen (secondary N) is 1. The fourth-order valence-corrected chi connectivity index (χ4v) is 4.13. The molecule has 2 heterocycles. The first-order valence-electron chi connectivity index (χ1n) is 10.3. The molecular formula is C24H23Cl2N3O2. The fourth-order valence-electron chi connectivity index (χ4n) is 3.62. The first-order valence-corrected chi connectivity index (χ1v) is 11.1. The lowest BCUT2D eigenvalue weighted by atomic mass is 10.1. The molecule has 1 N–H and O–H groups in total. The van der Waals surface area contributed by atoms with Gasteiger partial charge in [-0.2, -0.15) is 0 Å². The van der Waals surface area contributed by atoms with Crippen molar-refractivity contribution in [1.29, 1.82) is 0 Å². The molecule has 7 heteroatoms. The van der Waals surface area contributed by atoms with Crippen LogP contribution in [0, 0.1) is 0 Å². The van der Waals surface area contributed by atoms with E-state index in [9.17, 15) is 4.79 Å². The van der Waals surface area contributed by atoms with Crippen LogP contribution >= 0.6 is 23.2 Å². The minimum Gasteiger partial charge on any atom is -0.459 e. The van der Waals surface area contributed by atoms with Crippen molar-refractivity contribution < 1.29 is 9.21 Å². The summed E-state index contributed by atoms with van der Waals surface area (Å²) in [5, 5.41) is 4.19. The Bertz CT molecular complexity index is 1150. The first-order chi connectivity index (χ1) is 15.1. The Morgan fingerprint density at radius 1 is 0.968 bits per heavy atom. The lowest BCUT2D eigenvalue weighted by Crippen LogP contribution is -2.23. The minimum absolute atomic E-state index is 0.177. The number of para-hydroxylation sites is 2.